The molecule has 2 heterocycles. The van der Waals surface area contributed by atoms with Crippen LogP contribution in [-0.2, 0) is 13.6 Å². The molecule has 0 aliphatic heterocycles. The van der Waals surface area contributed by atoms with Crippen molar-refractivity contribution in [3.8, 4) is 11.1 Å². The zero-order valence-electron chi connectivity index (χ0n) is 17.8. The number of unbranched alkanes of at least 4 members (excludes halogenated alkanes) is 1. The largest absolute Gasteiger partial charge is 1.00 e. The highest BCUT2D eigenvalue weighted by molar-refractivity contribution is 6.07. The molecule has 0 unspecified atom stereocenters. The fraction of sp³-hybridized carbons (Fsp3) is 0.222. The monoisotopic (exact) mass is 414 g/mol. The molecule has 0 N–H and O–H groups in total. The SMILES string of the molecule is CCCCn1ccc2ccc(-c3ccc4c(c3)c3c(C)cccc3c[n+]4C)cc21.[Cl-]. The summed E-state index contributed by atoms with van der Waals surface area (Å²) < 4.78 is 4.63. The molecule has 0 saturated heterocycles. The Balaban J connectivity index is 0.00000218. The summed E-state index contributed by atoms with van der Waals surface area (Å²) in [5.74, 6) is 0. The Labute approximate surface area is 184 Å². The second kappa shape index (κ2) is 8.12. The lowest BCUT2D eigenvalue weighted by molar-refractivity contribution is -0.643. The second-order valence-corrected chi connectivity index (χ2v) is 8.15. The van der Waals surface area contributed by atoms with Gasteiger partial charge in [0.05, 0.1) is 5.39 Å². The lowest BCUT2D eigenvalue weighted by Gasteiger charge is -2.09. The van der Waals surface area contributed by atoms with E-state index in [1.54, 1.807) is 0 Å². The Morgan fingerprint density at radius 2 is 1.70 bits per heavy atom. The van der Waals surface area contributed by atoms with Gasteiger partial charge >= 0.3 is 0 Å². The predicted octanol–water partition coefficient (Wildman–Crippen LogP) is 3.55. The van der Waals surface area contributed by atoms with Crippen LogP contribution in [0.4, 0.5) is 0 Å². The van der Waals surface area contributed by atoms with Crippen LogP contribution in [-0.4, -0.2) is 4.57 Å². The molecule has 0 aliphatic carbocycles. The zero-order valence-corrected chi connectivity index (χ0v) is 18.6. The summed E-state index contributed by atoms with van der Waals surface area (Å²) in [6.45, 7) is 5.54. The van der Waals surface area contributed by atoms with Crippen molar-refractivity contribution in [2.75, 3.05) is 0 Å². The van der Waals surface area contributed by atoms with E-state index < -0.39 is 0 Å². The van der Waals surface area contributed by atoms with Crippen LogP contribution in [0.2, 0.25) is 0 Å². The molecule has 3 heteroatoms. The highest BCUT2D eigenvalue weighted by Crippen LogP contribution is 2.31. The first-order valence-corrected chi connectivity index (χ1v) is 10.6. The summed E-state index contributed by atoms with van der Waals surface area (Å²) in [5.41, 5.74) is 6.48. The molecule has 0 atom stereocenters. The average molecular weight is 415 g/mol. The van der Waals surface area contributed by atoms with E-state index in [0.29, 0.717) is 0 Å². The predicted molar refractivity (Wildman–Crippen MR) is 123 cm³/mol. The molecule has 5 rings (SSSR count). The van der Waals surface area contributed by atoms with Crippen molar-refractivity contribution in [3.05, 3.63) is 78.6 Å². The number of aryl methyl sites for hydroxylation is 3. The molecule has 0 aliphatic rings. The fourth-order valence-corrected chi connectivity index (χ4v) is 4.55. The van der Waals surface area contributed by atoms with E-state index >= 15 is 0 Å². The number of hydrogen-bond donors (Lipinski definition) is 0. The van der Waals surface area contributed by atoms with Crippen molar-refractivity contribution in [2.45, 2.75) is 33.2 Å². The lowest BCUT2D eigenvalue weighted by atomic mass is 9.97. The minimum absolute atomic E-state index is 0. The maximum absolute atomic E-state index is 2.39. The molecule has 2 aromatic heterocycles. The third kappa shape index (κ3) is 3.36. The van der Waals surface area contributed by atoms with Crippen LogP contribution in [0, 0.1) is 6.92 Å². The quantitative estimate of drug-likeness (QED) is 0.314. The Bertz CT molecular complexity index is 1360. The molecule has 0 amide bonds. The summed E-state index contributed by atoms with van der Waals surface area (Å²) in [4.78, 5) is 0. The summed E-state index contributed by atoms with van der Waals surface area (Å²) in [6.07, 6.45) is 6.89. The number of halogens is 1. The molecule has 5 aromatic rings. The Hall–Kier alpha value is -2.84. The van der Waals surface area contributed by atoms with Crippen LogP contribution in [0.25, 0.3) is 43.7 Å². The minimum Gasteiger partial charge on any atom is -1.00 e. The zero-order chi connectivity index (χ0) is 20.0. The first-order valence-electron chi connectivity index (χ1n) is 10.6. The second-order valence-electron chi connectivity index (χ2n) is 8.15. The van der Waals surface area contributed by atoms with Crippen LogP contribution in [0.5, 0.6) is 0 Å². The Morgan fingerprint density at radius 1 is 0.900 bits per heavy atom. The van der Waals surface area contributed by atoms with Crippen molar-refractivity contribution in [1.82, 2.24) is 4.57 Å². The van der Waals surface area contributed by atoms with Gasteiger partial charge in [-0.25, -0.2) is 4.57 Å². The van der Waals surface area contributed by atoms with Crippen LogP contribution in [0.15, 0.2) is 73.1 Å². The molecule has 2 nitrogen and oxygen atoms in total. The van der Waals surface area contributed by atoms with Gasteiger partial charge in [-0.2, -0.15) is 0 Å². The molecule has 3 aromatic carbocycles. The molecular weight excluding hydrogens is 388 g/mol. The first-order chi connectivity index (χ1) is 14.2. The van der Waals surface area contributed by atoms with Gasteiger partial charge in [-0.15, -0.1) is 0 Å². The number of aromatic nitrogens is 2. The molecule has 152 valence electrons. The molecule has 0 saturated carbocycles. The van der Waals surface area contributed by atoms with Gasteiger partial charge in [-0.05, 0) is 65.8 Å². The van der Waals surface area contributed by atoms with Gasteiger partial charge in [0, 0.05) is 35.1 Å². The highest BCUT2D eigenvalue weighted by atomic mass is 35.5. The summed E-state index contributed by atoms with van der Waals surface area (Å²) in [7, 11) is 2.14. The Kier molecular flexibility index (Phi) is 5.53. The normalized spacial score (nSPS) is 11.3. The molecule has 0 radical (unpaired) electrons. The van der Waals surface area contributed by atoms with Crippen molar-refractivity contribution >= 4 is 32.6 Å². The van der Waals surface area contributed by atoms with E-state index in [1.807, 2.05) is 0 Å². The fourth-order valence-electron chi connectivity index (χ4n) is 4.55. The molecule has 30 heavy (non-hydrogen) atoms. The van der Waals surface area contributed by atoms with E-state index in [1.165, 1.54) is 62.1 Å². The van der Waals surface area contributed by atoms with Crippen molar-refractivity contribution in [3.63, 3.8) is 0 Å². The van der Waals surface area contributed by atoms with Gasteiger partial charge in [0.15, 0.2) is 6.20 Å². The number of pyridine rings is 1. The third-order valence-corrected chi connectivity index (χ3v) is 6.14. The topological polar surface area (TPSA) is 8.81 Å². The number of hydrogen-bond acceptors (Lipinski definition) is 0. The van der Waals surface area contributed by atoms with E-state index in [9.17, 15) is 0 Å². The lowest BCUT2D eigenvalue weighted by Crippen LogP contribution is -3.00. The molecular formula is C27H27ClN2. The minimum atomic E-state index is 0. The summed E-state index contributed by atoms with van der Waals surface area (Å²) in [6, 6.07) is 22.5. The van der Waals surface area contributed by atoms with Crippen molar-refractivity contribution in [1.29, 1.82) is 0 Å². The third-order valence-electron chi connectivity index (χ3n) is 6.14. The summed E-state index contributed by atoms with van der Waals surface area (Å²) in [5, 5.41) is 5.29. The maximum Gasteiger partial charge on any atom is 0.212 e. The molecule has 0 bridgehead atoms. The number of fused-ring (bicyclic) bond motifs is 4. The van der Waals surface area contributed by atoms with Gasteiger partial charge in [0.25, 0.3) is 0 Å². The van der Waals surface area contributed by atoms with E-state index in [-0.39, 0.29) is 12.4 Å². The van der Waals surface area contributed by atoms with Gasteiger partial charge in [0.2, 0.25) is 5.52 Å². The average Bonchev–Trinajstić information content (AvgIpc) is 3.14. The van der Waals surface area contributed by atoms with Crippen LogP contribution >= 0.6 is 0 Å². The van der Waals surface area contributed by atoms with E-state index in [4.69, 9.17) is 0 Å². The molecule has 0 fully saturated rings. The van der Waals surface area contributed by atoms with E-state index in [0.717, 1.165) is 6.54 Å². The van der Waals surface area contributed by atoms with Crippen molar-refractivity contribution < 1.29 is 17.0 Å². The van der Waals surface area contributed by atoms with Crippen LogP contribution < -0.4 is 17.0 Å². The van der Waals surface area contributed by atoms with Gasteiger partial charge in [-0.1, -0.05) is 37.6 Å². The highest BCUT2D eigenvalue weighted by Gasteiger charge is 2.13. The van der Waals surface area contributed by atoms with Gasteiger partial charge in [-0.3, -0.25) is 0 Å². The summed E-state index contributed by atoms with van der Waals surface area (Å²) >= 11 is 0. The maximum atomic E-state index is 2.39. The van der Waals surface area contributed by atoms with E-state index in [2.05, 4.69) is 103 Å². The van der Waals surface area contributed by atoms with Gasteiger partial charge in [0.1, 0.15) is 7.05 Å². The van der Waals surface area contributed by atoms with Crippen molar-refractivity contribution in [2.24, 2.45) is 7.05 Å². The first kappa shape index (κ1) is 20.4. The smallest absolute Gasteiger partial charge is 0.212 e. The standard InChI is InChI=1S/C27H27N2.ClH/c1-4-5-14-29-15-13-20-9-10-22(17-26(20)29)21-11-12-25-24(16-21)27-19(2)7-6-8-23(27)18-28(25)3;/h6-13,15-18H,4-5,14H2,1-3H3;1H/q+1;/p-1. The van der Waals surface area contributed by atoms with Crippen LogP contribution in [0.3, 0.4) is 0 Å². The van der Waals surface area contributed by atoms with Gasteiger partial charge < -0.3 is 17.0 Å². The number of nitrogens with zero attached hydrogens (tertiary/aromatic N) is 2. The van der Waals surface area contributed by atoms with Crippen LogP contribution in [0.1, 0.15) is 25.3 Å². The number of rotatable bonds is 4. The molecule has 0 spiro atoms. The number of benzene rings is 3. The Morgan fingerprint density at radius 3 is 2.53 bits per heavy atom.